The van der Waals surface area contributed by atoms with Crippen LogP contribution < -0.4 is 4.90 Å². The summed E-state index contributed by atoms with van der Waals surface area (Å²) in [6.45, 7) is -0.154. The van der Waals surface area contributed by atoms with Crippen molar-refractivity contribution in [3.05, 3.63) is 71.8 Å². The predicted octanol–water partition coefficient (Wildman–Crippen LogP) is 2.18. The highest BCUT2D eigenvalue weighted by Crippen LogP contribution is 2.37. The van der Waals surface area contributed by atoms with E-state index in [4.69, 9.17) is 5.11 Å². The van der Waals surface area contributed by atoms with Crippen LogP contribution in [0.2, 0.25) is 0 Å². The summed E-state index contributed by atoms with van der Waals surface area (Å²) < 4.78 is 0. The van der Waals surface area contributed by atoms with Gasteiger partial charge in [0.05, 0.1) is 17.8 Å². The van der Waals surface area contributed by atoms with Crippen molar-refractivity contribution in [3.8, 4) is 0 Å². The molecular formula is C18H15NO3. The summed E-state index contributed by atoms with van der Waals surface area (Å²) in [6.07, 6.45) is 1.23. The lowest BCUT2D eigenvalue weighted by Crippen LogP contribution is -2.25. The highest BCUT2D eigenvalue weighted by atomic mass is 16.3. The number of benzene rings is 2. The van der Waals surface area contributed by atoms with E-state index in [0.717, 1.165) is 16.8 Å². The van der Waals surface area contributed by atoms with Crippen LogP contribution in [0, 0.1) is 0 Å². The number of aliphatic hydroxyl groups is 1. The van der Waals surface area contributed by atoms with Crippen molar-refractivity contribution < 1.29 is 14.7 Å². The Balaban J connectivity index is 2.01. The van der Waals surface area contributed by atoms with Crippen LogP contribution in [0.3, 0.4) is 0 Å². The van der Waals surface area contributed by atoms with Crippen LogP contribution >= 0.6 is 0 Å². The van der Waals surface area contributed by atoms with Gasteiger partial charge in [-0.1, -0.05) is 48.5 Å². The Hall–Kier alpha value is -2.72. The second-order valence-electron chi connectivity index (χ2n) is 5.08. The van der Waals surface area contributed by atoms with Crippen molar-refractivity contribution in [2.45, 2.75) is 6.54 Å². The van der Waals surface area contributed by atoms with E-state index in [1.54, 1.807) is 4.90 Å². The van der Waals surface area contributed by atoms with Crippen molar-refractivity contribution in [2.75, 3.05) is 11.5 Å². The average Bonchev–Trinajstić information content (AvgIpc) is 2.82. The second kappa shape index (κ2) is 5.95. The van der Waals surface area contributed by atoms with Crippen LogP contribution in [0.4, 0.5) is 5.69 Å². The van der Waals surface area contributed by atoms with Gasteiger partial charge in [-0.15, -0.1) is 0 Å². The van der Waals surface area contributed by atoms with E-state index in [1.165, 1.54) is 6.08 Å². The minimum Gasteiger partial charge on any atom is -0.388 e. The molecule has 0 fully saturated rings. The molecule has 0 saturated carbocycles. The number of carbonyl (C=O) groups excluding carboxylic acids is 2. The quantitative estimate of drug-likeness (QED) is 0.879. The van der Waals surface area contributed by atoms with Crippen LogP contribution in [0.15, 0.2) is 60.7 Å². The number of carbonyl (C=O) groups is 2. The van der Waals surface area contributed by atoms with Gasteiger partial charge in [-0.3, -0.25) is 9.59 Å². The number of anilines is 1. The molecule has 1 amide bonds. The molecule has 1 aliphatic rings. The first-order valence-corrected chi connectivity index (χ1v) is 7.01. The molecule has 0 saturated heterocycles. The fraction of sp³-hybridized carbons (Fsp3) is 0.111. The largest absolute Gasteiger partial charge is 0.388 e. The maximum atomic E-state index is 12.6. The van der Waals surface area contributed by atoms with Gasteiger partial charge >= 0.3 is 0 Å². The van der Waals surface area contributed by atoms with Gasteiger partial charge in [0.15, 0.2) is 5.78 Å². The minimum atomic E-state index is -0.600. The Morgan fingerprint density at radius 1 is 1.05 bits per heavy atom. The number of fused-ring (bicyclic) bond motifs is 1. The Labute approximate surface area is 128 Å². The molecular weight excluding hydrogens is 278 g/mol. The summed E-state index contributed by atoms with van der Waals surface area (Å²) in [5, 5.41) is 8.91. The average molecular weight is 293 g/mol. The Kier molecular flexibility index (Phi) is 3.85. The standard InChI is InChI=1S/C18H15NO3/c20-12-14(21)10-16-15-8-4-5-9-17(15)19(18(16)22)11-13-6-2-1-3-7-13/h1-10,20H,11-12H2/b16-10+. The van der Waals surface area contributed by atoms with E-state index in [1.807, 2.05) is 54.6 Å². The molecule has 0 aliphatic carbocycles. The number of nitrogens with zero attached hydrogens (tertiary/aromatic N) is 1. The minimum absolute atomic E-state index is 0.216. The van der Waals surface area contributed by atoms with E-state index < -0.39 is 12.4 Å². The summed E-state index contributed by atoms with van der Waals surface area (Å²) in [6, 6.07) is 17.1. The lowest BCUT2D eigenvalue weighted by atomic mass is 10.1. The maximum absolute atomic E-state index is 12.6. The monoisotopic (exact) mass is 293 g/mol. The van der Waals surface area contributed by atoms with Gasteiger partial charge in [0.25, 0.3) is 5.91 Å². The molecule has 1 aliphatic heterocycles. The summed E-state index contributed by atoms with van der Waals surface area (Å²) >= 11 is 0. The highest BCUT2D eigenvalue weighted by molar-refractivity contribution is 6.34. The molecule has 22 heavy (non-hydrogen) atoms. The maximum Gasteiger partial charge on any atom is 0.259 e. The lowest BCUT2D eigenvalue weighted by molar-refractivity contribution is -0.117. The summed E-state index contributed by atoms with van der Waals surface area (Å²) in [5.41, 5.74) is 2.87. The SMILES string of the molecule is O=C(/C=C1/C(=O)N(Cc2ccccc2)c2ccccc21)CO. The number of para-hydroxylation sites is 1. The zero-order valence-corrected chi connectivity index (χ0v) is 11.9. The molecule has 1 heterocycles. The highest BCUT2D eigenvalue weighted by Gasteiger charge is 2.32. The molecule has 0 unspecified atom stereocenters. The summed E-state index contributed by atoms with van der Waals surface area (Å²) in [4.78, 5) is 25.8. The number of amides is 1. The first-order chi connectivity index (χ1) is 10.7. The van der Waals surface area contributed by atoms with Crippen LogP contribution in [0.1, 0.15) is 11.1 Å². The molecule has 1 N–H and O–H groups in total. The van der Waals surface area contributed by atoms with E-state index >= 15 is 0 Å². The van der Waals surface area contributed by atoms with Crippen LogP contribution in [0.5, 0.6) is 0 Å². The Morgan fingerprint density at radius 2 is 1.73 bits per heavy atom. The fourth-order valence-corrected chi connectivity index (χ4v) is 2.58. The van der Waals surface area contributed by atoms with Crippen LogP contribution in [-0.4, -0.2) is 23.4 Å². The third kappa shape index (κ3) is 2.56. The van der Waals surface area contributed by atoms with E-state index in [-0.39, 0.29) is 5.91 Å². The van der Waals surface area contributed by atoms with Crippen molar-refractivity contribution in [2.24, 2.45) is 0 Å². The van der Waals surface area contributed by atoms with Crippen molar-refractivity contribution >= 4 is 23.0 Å². The molecule has 0 radical (unpaired) electrons. The molecule has 0 atom stereocenters. The van der Waals surface area contributed by atoms with Gasteiger partial charge in [-0.05, 0) is 17.7 Å². The van der Waals surface area contributed by atoms with Gasteiger partial charge in [0.2, 0.25) is 0 Å². The van der Waals surface area contributed by atoms with Gasteiger partial charge in [0.1, 0.15) is 6.61 Å². The predicted molar refractivity (Wildman–Crippen MR) is 84.1 cm³/mol. The summed E-state index contributed by atoms with van der Waals surface area (Å²) in [5.74, 6) is -0.688. The van der Waals surface area contributed by atoms with Gasteiger partial charge in [-0.25, -0.2) is 0 Å². The van der Waals surface area contributed by atoms with E-state index in [2.05, 4.69) is 0 Å². The third-order valence-electron chi connectivity index (χ3n) is 3.61. The fourth-order valence-electron chi connectivity index (χ4n) is 2.58. The molecule has 2 aromatic carbocycles. The van der Waals surface area contributed by atoms with E-state index in [9.17, 15) is 9.59 Å². The number of hydrogen-bond acceptors (Lipinski definition) is 3. The third-order valence-corrected chi connectivity index (χ3v) is 3.61. The van der Waals surface area contributed by atoms with Crippen LogP contribution in [-0.2, 0) is 16.1 Å². The molecule has 2 aromatic rings. The molecule has 110 valence electrons. The molecule has 4 heteroatoms. The van der Waals surface area contributed by atoms with Crippen molar-refractivity contribution in [1.29, 1.82) is 0 Å². The summed E-state index contributed by atoms with van der Waals surface area (Å²) in [7, 11) is 0. The van der Waals surface area contributed by atoms with Crippen molar-refractivity contribution in [1.82, 2.24) is 0 Å². The first-order valence-electron chi connectivity index (χ1n) is 7.01. The molecule has 0 aromatic heterocycles. The van der Waals surface area contributed by atoms with E-state index in [0.29, 0.717) is 12.1 Å². The number of ketones is 1. The zero-order valence-electron chi connectivity index (χ0n) is 11.9. The van der Waals surface area contributed by atoms with Gasteiger partial charge < -0.3 is 10.0 Å². The second-order valence-corrected chi connectivity index (χ2v) is 5.08. The van der Waals surface area contributed by atoms with Gasteiger partial charge in [0, 0.05) is 5.56 Å². The molecule has 4 nitrogen and oxygen atoms in total. The smallest absolute Gasteiger partial charge is 0.259 e. The number of hydrogen-bond donors (Lipinski definition) is 1. The topological polar surface area (TPSA) is 57.6 Å². The Bertz CT molecular complexity index is 750. The molecule has 3 rings (SSSR count). The molecule has 0 spiro atoms. The molecule has 0 bridgehead atoms. The number of aliphatic hydroxyl groups excluding tert-OH is 1. The van der Waals surface area contributed by atoms with Crippen LogP contribution in [0.25, 0.3) is 5.57 Å². The lowest BCUT2D eigenvalue weighted by Gasteiger charge is -2.17. The Morgan fingerprint density at radius 3 is 2.45 bits per heavy atom. The number of rotatable bonds is 4. The van der Waals surface area contributed by atoms with Gasteiger partial charge in [-0.2, -0.15) is 0 Å². The first kappa shape index (κ1) is 14.2. The normalized spacial score (nSPS) is 15.2. The van der Waals surface area contributed by atoms with Crippen molar-refractivity contribution in [3.63, 3.8) is 0 Å². The zero-order chi connectivity index (χ0) is 15.5.